The number of piperazine rings is 1. The van der Waals surface area contributed by atoms with Gasteiger partial charge in [0.1, 0.15) is 0 Å². The monoisotopic (exact) mass is 287 g/mol. The molecule has 20 heavy (non-hydrogen) atoms. The van der Waals surface area contributed by atoms with Crippen molar-refractivity contribution in [3.05, 3.63) is 0 Å². The first-order valence-electron chi connectivity index (χ1n) is 6.91. The van der Waals surface area contributed by atoms with E-state index in [0.29, 0.717) is 39.2 Å². The summed E-state index contributed by atoms with van der Waals surface area (Å²) >= 11 is 0. The Morgan fingerprint density at radius 2 is 1.85 bits per heavy atom. The molecule has 1 aliphatic rings. The average Bonchev–Trinajstić information content (AvgIpc) is 2.47. The van der Waals surface area contributed by atoms with Crippen molar-refractivity contribution in [2.45, 2.75) is 18.9 Å². The maximum Gasteiger partial charge on any atom is 0.319 e. The van der Waals surface area contributed by atoms with E-state index >= 15 is 0 Å². The van der Waals surface area contributed by atoms with Crippen LogP contribution in [0.3, 0.4) is 0 Å². The Bertz CT molecular complexity index is 317. The Morgan fingerprint density at radius 1 is 1.20 bits per heavy atom. The third-order valence-electron chi connectivity index (χ3n) is 3.45. The van der Waals surface area contributed by atoms with E-state index in [1.807, 2.05) is 4.90 Å². The SMILES string of the molecule is COCCCC(N)C(=O)N1CCN(CC(=O)OC)CC1. The van der Waals surface area contributed by atoms with Gasteiger partial charge in [-0.2, -0.15) is 0 Å². The molecule has 0 bridgehead atoms. The van der Waals surface area contributed by atoms with E-state index in [4.69, 9.17) is 10.5 Å². The molecule has 1 saturated heterocycles. The molecule has 1 aliphatic heterocycles. The summed E-state index contributed by atoms with van der Waals surface area (Å²) in [6.07, 6.45) is 1.42. The molecule has 0 spiro atoms. The number of methoxy groups -OCH3 is 2. The zero-order valence-corrected chi connectivity index (χ0v) is 12.3. The predicted octanol–water partition coefficient (Wildman–Crippen LogP) is -0.942. The minimum atomic E-state index is -0.461. The Kier molecular flexibility index (Phi) is 7.50. The summed E-state index contributed by atoms with van der Waals surface area (Å²) in [5.41, 5.74) is 5.89. The summed E-state index contributed by atoms with van der Waals surface area (Å²) < 4.78 is 9.58. The van der Waals surface area contributed by atoms with Gasteiger partial charge < -0.3 is 20.1 Å². The van der Waals surface area contributed by atoms with Gasteiger partial charge in [0.2, 0.25) is 5.91 Å². The van der Waals surface area contributed by atoms with Gasteiger partial charge in [-0.3, -0.25) is 14.5 Å². The first kappa shape index (κ1) is 16.9. The van der Waals surface area contributed by atoms with Crippen molar-refractivity contribution in [3.63, 3.8) is 0 Å². The number of nitrogens with zero attached hydrogens (tertiary/aromatic N) is 2. The van der Waals surface area contributed by atoms with Crippen molar-refractivity contribution in [1.29, 1.82) is 0 Å². The third kappa shape index (κ3) is 5.44. The molecule has 116 valence electrons. The number of ether oxygens (including phenoxy) is 2. The largest absolute Gasteiger partial charge is 0.468 e. The van der Waals surface area contributed by atoms with Gasteiger partial charge in [-0.25, -0.2) is 0 Å². The normalized spacial score (nSPS) is 17.9. The van der Waals surface area contributed by atoms with Crippen LogP contribution < -0.4 is 5.73 Å². The van der Waals surface area contributed by atoms with Crippen LogP contribution in [0.1, 0.15) is 12.8 Å². The van der Waals surface area contributed by atoms with Crippen molar-refractivity contribution in [3.8, 4) is 0 Å². The Morgan fingerprint density at radius 3 is 2.40 bits per heavy atom. The number of amides is 1. The summed E-state index contributed by atoms with van der Waals surface area (Å²) in [6.45, 7) is 3.45. The molecular formula is C13H25N3O4. The molecule has 0 radical (unpaired) electrons. The maximum atomic E-state index is 12.1. The summed E-state index contributed by atoms with van der Waals surface area (Å²) in [7, 11) is 3.01. The van der Waals surface area contributed by atoms with E-state index in [2.05, 4.69) is 4.74 Å². The van der Waals surface area contributed by atoms with Crippen LogP contribution in [-0.4, -0.2) is 81.3 Å². The van der Waals surface area contributed by atoms with E-state index in [9.17, 15) is 9.59 Å². The van der Waals surface area contributed by atoms with Gasteiger partial charge in [0.25, 0.3) is 0 Å². The average molecular weight is 287 g/mol. The molecule has 0 saturated carbocycles. The highest BCUT2D eigenvalue weighted by molar-refractivity contribution is 5.81. The fourth-order valence-electron chi connectivity index (χ4n) is 2.18. The summed E-state index contributed by atoms with van der Waals surface area (Å²) in [5.74, 6) is -0.264. The summed E-state index contributed by atoms with van der Waals surface area (Å²) in [6, 6.07) is -0.461. The number of rotatable bonds is 7. The Hall–Kier alpha value is -1.18. The molecule has 1 amide bonds. The summed E-state index contributed by atoms with van der Waals surface area (Å²) in [5, 5.41) is 0. The van der Waals surface area contributed by atoms with Crippen LogP contribution in [0.25, 0.3) is 0 Å². The smallest absolute Gasteiger partial charge is 0.319 e. The molecule has 0 aromatic heterocycles. The lowest BCUT2D eigenvalue weighted by atomic mass is 10.1. The van der Waals surface area contributed by atoms with Crippen LogP contribution in [0.5, 0.6) is 0 Å². The molecule has 1 fully saturated rings. The molecule has 0 aromatic carbocycles. The van der Waals surface area contributed by atoms with Crippen molar-refractivity contribution in [2.75, 3.05) is 53.6 Å². The minimum Gasteiger partial charge on any atom is -0.468 e. The van der Waals surface area contributed by atoms with Gasteiger partial charge in [0, 0.05) is 39.9 Å². The van der Waals surface area contributed by atoms with Crippen LogP contribution in [0.4, 0.5) is 0 Å². The lowest BCUT2D eigenvalue weighted by molar-refractivity contribution is -0.142. The number of carbonyl (C=O) groups is 2. The van der Waals surface area contributed by atoms with Gasteiger partial charge >= 0.3 is 5.97 Å². The predicted molar refractivity (Wildman–Crippen MR) is 74.1 cm³/mol. The molecule has 0 aromatic rings. The molecule has 1 atom stereocenters. The highest BCUT2D eigenvalue weighted by Crippen LogP contribution is 2.06. The molecule has 1 unspecified atom stereocenters. The van der Waals surface area contributed by atoms with Gasteiger partial charge in [-0.15, -0.1) is 0 Å². The van der Waals surface area contributed by atoms with Crippen LogP contribution in [-0.2, 0) is 19.1 Å². The topological polar surface area (TPSA) is 85.1 Å². The van der Waals surface area contributed by atoms with Gasteiger partial charge in [0.05, 0.1) is 19.7 Å². The molecule has 1 heterocycles. The molecular weight excluding hydrogens is 262 g/mol. The van der Waals surface area contributed by atoms with Crippen molar-refractivity contribution in [1.82, 2.24) is 9.80 Å². The first-order valence-corrected chi connectivity index (χ1v) is 6.91. The zero-order valence-electron chi connectivity index (χ0n) is 12.3. The van der Waals surface area contributed by atoms with Gasteiger partial charge in [-0.1, -0.05) is 0 Å². The van der Waals surface area contributed by atoms with Crippen LogP contribution in [0.15, 0.2) is 0 Å². The van der Waals surface area contributed by atoms with E-state index in [-0.39, 0.29) is 18.4 Å². The molecule has 2 N–H and O–H groups in total. The number of hydrogen-bond acceptors (Lipinski definition) is 6. The number of carbonyl (C=O) groups excluding carboxylic acids is 2. The van der Waals surface area contributed by atoms with Crippen LogP contribution in [0.2, 0.25) is 0 Å². The summed E-state index contributed by atoms with van der Waals surface area (Å²) in [4.78, 5) is 27.0. The number of nitrogens with two attached hydrogens (primary N) is 1. The number of esters is 1. The second kappa shape index (κ2) is 8.89. The van der Waals surface area contributed by atoms with E-state index < -0.39 is 6.04 Å². The van der Waals surface area contributed by atoms with Crippen LogP contribution >= 0.6 is 0 Å². The third-order valence-corrected chi connectivity index (χ3v) is 3.45. The van der Waals surface area contributed by atoms with Gasteiger partial charge in [-0.05, 0) is 12.8 Å². The lowest BCUT2D eigenvalue weighted by Gasteiger charge is -2.35. The second-order valence-electron chi connectivity index (χ2n) is 4.92. The Labute approximate surface area is 120 Å². The second-order valence-corrected chi connectivity index (χ2v) is 4.92. The molecule has 1 rings (SSSR count). The Balaban J connectivity index is 2.29. The fraction of sp³-hybridized carbons (Fsp3) is 0.846. The quantitative estimate of drug-likeness (QED) is 0.480. The number of hydrogen-bond donors (Lipinski definition) is 1. The van der Waals surface area contributed by atoms with Crippen molar-refractivity contribution >= 4 is 11.9 Å². The first-order chi connectivity index (χ1) is 9.58. The van der Waals surface area contributed by atoms with Crippen molar-refractivity contribution in [2.24, 2.45) is 5.73 Å². The van der Waals surface area contributed by atoms with Gasteiger partial charge in [0.15, 0.2) is 0 Å². The lowest BCUT2D eigenvalue weighted by Crippen LogP contribution is -2.53. The van der Waals surface area contributed by atoms with E-state index in [1.54, 1.807) is 12.0 Å². The zero-order chi connectivity index (χ0) is 15.0. The molecule has 7 heteroatoms. The standard InChI is InChI=1S/C13H25N3O4/c1-19-9-3-4-11(14)13(18)16-7-5-15(6-8-16)10-12(17)20-2/h11H,3-10,14H2,1-2H3. The van der Waals surface area contributed by atoms with Crippen LogP contribution in [0, 0.1) is 0 Å². The molecule has 0 aliphatic carbocycles. The fourth-order valence-corrected chi connectivity index (χ4v) is 2.18. The maximum absolute atomic E-state index is 12.1. The highest BCUT2D eigenvalue weighted by atomic mass is 16.5. The highest BCUT2D eigenvalue weighted by Gasteiger charge is 2.25. The minimum absolute atomic E-state index is 0.0150. The van der Waals surface area contributed by atoms with Crippen molar-refractivity contribution < 1.29 is 19.1 Å². The van der Waals surface area contributed by atoms with E-state index in [0.717, 1.165) is 6.42 Å². The van der Waals surface area contributed by atoms with E-state index in [1.165, 1.54) is 7.11 Å². The molecule has 7 nitrogen and oxygen atoms in total.